The lowest BCUT2D eigenvalue weighted by Gasteiger charge is -2.14. The Morgan fingerprint density at radius 3 is 2.67 bits per heavy atom. The molecule has 0 saturated heterocycles. The van der Waals surface area contributed by atoms with Crippen molar-refractivity contribution < 1.29 is 14.6 Å². The Balaban J connectivity index is 2.22. The number of hydrogen-bond acceptors (Lipinski definition) is 3. The molecule has 0 radical (unpaired) electrons. The number of carbonyl (C=O) groups excluding carboxylic acids is 1. The second kappa shape index (κ2) is 9.13. The molecule has 0 bridgehead atoms. The van der Waals surface area contributed by atoms with E-state index >= 15 is 0 Å². The molecule has 0 aliphatic rings. The van der Waals surface area contributed by atoms with Crippen LogP contribution in [0.1, 0.15) is 26.7 Å². The predicted octanol–water partition coefficient (Wildman–Crippen LogP) is 3.29. The third-order valence-electron chi connectivity index (χ3n) is 2.77. The molecule has 6 heteroatoms. The lowest BCUT2D eigenvalue weighted by atomic mass is 10.1. The lowest BCUT2D eigenvalue weighted by Crippen LogP contribution is -2.33. The van der Waals surface area contributed by atoms with Crippen LogP contribution in [0, 0.1) is 5.92 Å². The Hall–Kier alpha value is -0.970. The molecular weight excluding hydrogens is 313 g/mol. The van der Waals surface area contributed by atoms with Gasteiger partial charge < -0.3 is 15.2 Å². The first-order chi connectivity index (χ1) is 9.88. The van der Waals surface area contributed by atoms with Crippen molar-refractivity contribution >= 4 is 29.1 Å². The predicted molar refractivity (Wildman–Crippen MR) is 85.0 cm³/mol. The number of aliphatic hydroxyl groups is 1. The Labute approximate surface area is 135 Å². The molecule has 0 aliphatic carbocycles. The van der Waals surface area contributed by atoms with Crippen LogP contribution in [0.15, 0.2) is 18.2 Å². The minimum absolute atomic E-state index is 0.155. The fraction of sp³-hybridized carbons (Fsp3) is 0.533. The number of aliphatic hydroxyl groups excluding tert-OH is 1. The number of carbonyl (C=O) groups is 1. The van der Waals surface area contributed by atoms with Crippen LogP contribution in [0.3, 0.4) is 0 Å². The van der Waals surface area contributed by atoms with Crippen LogP contribution in [0.4, 0.5) is 0 Å². The molecule has 1 atom stereocenters. The topological polar surface area (TPSA) is 58.6 Å². The zero-order chi connectivity index (χ0) is 15.8. The van der Waals surface area contributed by atoms with Crippen LogP contribution < -0.4 is 10.1 Å². The third kappa shape index (κ3) is 7.55. The molecule has 0 aliphatic heterocycles. The molecule has 4 nitrogen and oxygen atoms in total. The smallest absolute Gasteiger partial charge is 0.223 e. The largest absolute Gasteiger partial charge is 0.493 e. The molecule has 2 N–H and O–H groups in total. The molecule has 0 fully saturated rings. The van der Waals surface area contributed by atoms with Crippen molar-refractivity contribution in [2.45, 2.75) is 32.8 Å². The highest BCUT2D eigenvalue weighted by Crippen LogP contribution is 2.26. The molecule has 0 saturated carbocycles. The summed E-state index contributed by atoms with van der Waals surface area (Å²) in [6.45, 7) is 4.56. The number of hydrogen-bond donors (Lipinski definition) is 2. The van der Waals surface area contributed by atoms with Crippen LogP contribution in [-0.2, 0) is 4.79 Å². The maximum Gasteiger partial charge on any atom is 0.223 e. The van der Waals surface area contributed by atoms with E-state index in [2.05, 4.69) is 5.32 Å². The molecule has 0 spiro atoms. The summed E-state index contributed by atoms with van der Waals surface area (Å²) in [5, 5.41) is 13.2. The van der Waals surface area contributed by atoms with Gasteiger partial charge in [-0.25, -0.2) is 0 Å². The summed E-state index contributed by atoms with van der Waals surface area (Å²) in [5.74, 6) is 0.810. The van der Waals surface area contributed by atoms with Crippen LogP contribution in [0.25, 0.3) is 0 Å². The van der Waals surface area contributed by atoms with Crippen molar-refractivity contribution in [1.82, 2.24) is 5.32 Å². The number of nitrogens with one attached hydrogen (secondary N) is 1. The van der Waals surface area contributed by atoms with E-state index in [4.69, 9.17) is 27.9 Å². The van der Waals surface area contributed by atoms with E-state index in [1.165, 1.54) is 0 Å². The maximum absolute atomic E-state index is 11.6. The Morgan fingerprint density at radius 1 is 1.33 bits per heavy atom. The third-order valence-corrected chi connectivity index (χ3v) is 3.51. The fourth-order valence-electron chi connectivity index (χ4n) is 1.78. The highest BCUT2D eigenvalue weighted by molar-refractivity contribution is 6.42. The molecule has 1 amide bonds. The molecule has 1 aromatic rings. The number of rotatable bonds is 8. The standard InChI is InChI=1S/C15H21Cl2NO3/c1-10(2)7-11(19)9-18-15(20)5-6-21-12-3-4-13(16)14(17)8-12/h3-4,8,10-11,19H,5-7,9H2,1-2H3,(H,18,20). The highest BCUT2D eigenvalue weighted by atomic mass is 35.5. The van der Waals surface area contributed by atoms with E-state index in [0.717, 1.165) is 0 Å². The quantitative estimate of drug-likeness (QED) is 0.767. The van der Waals surface area contributed by atoms with E-state index in [-0.39, 0.29) is 25.5 Å². The number of benzene rings is 1. The van der Waals surface area contributed by atoms with Gasteiger partial charge in [0.15, 0.2) is 0 Å². The van der Waals surface area contributed by atoms with Gasteiger partial charge >= 0.3 is 0 Å². The van der Waals surface area contributed by atoms with Gasteiger partial charge in [0.2, 0.25) is 5.91 Å². The second-order valence-corrected chi connectivity index (χ2v) is 6.08. The van der Waals surface area contributed by atoms with E-state index in [9.17, 15) is 9.90 Å². The first-order valence-corrected chi connectivity index (χ1v) is 7.66. The Morgan fingerprint density at radius 2 is 2.05 bits per heavy atom. The van der Waals surface area contributed by atoms with Crippen molar-refractivity contribution in [3.8, 4) is 5.75 Å². The number of ether oxygens (including phenoxy) is 1. The van der Waals surface area contributed by atoms with Gasteiger partial charge in [0.25, 0.3) is 0 Å². The van der Waals surface area contributed by atoms with E-state index < -0.39 is 6.10 Å². The van der Waals surface area contributed by atoms with Crippen molar-refractivity contribution in [3.63, 3.8) is 0 Å². The zero-order valence-electron chi connectivity index (χ0n) is 12.2. The first-order valence-electron chi connectivity index (χ1n) is 6.91. The van der Waals surface area contributed by atoms with Crippen molar-refractivity contribution in [2.75, 3.05) is 13.2 Å². The lowest BCUT2D eigenvalue weighted by molar-refractivity contribution is -0.122. The second-order valence-electron chi connectivity index (χ2n) is 5.26. The SMILES string of the molecule is CC(C)CC(O)CNC(=O)CCOc1ccc(Cl)c(Cl)c1. The van der Waals surface area contributed by atoms with E-state index in [0.29, 0.717) is 28.1 Å². The van der Waals surface area contributed by atoms with Crippen LogP contribution in [0.5, 0.6) is 5.75 Å². The average Bonchev–Trinajstić information content (AvgIpc) is 2.40. The van der Waals surface area contributed by atoms with Crippen molar-refractivity contribution in [2.24, 2.45) is 5.92 Å². The van der Waals surface area contributed by atoms with Gasteiger partial charge in [-0.05, 0) is 24.5 Å². The summed E-state index contributed by atoms with van der Waals surface area (Å²) in [6.07, 6.45) is 0.374. The summed E-state index contributed by atoms with van der Waals surface area (Å²) in [7, 11) is 0. The zero-order valence-corrected chi connectivity index (χ0v) is 13.7. The van der Waals surface area contributed by atoms with Gasteiger partial charge in [-0.3, -0.25) is 4.79 Å². The molecule has 1 rings (SSSR count). The van der Waals surface area contributed by atoms with Gasteiger partial charge in [0.1, 0.15) is 5.75 Å². The molecular formula is C15H21Cl2NO3. The summed E-state index contributed by atoms with van der Waals surface area (Å²) < 4.78 is 5.42. The van der Waals surface area contributed by atoms with E-state index in [1.54, 1.807) is 18.2 Å². The van der Waals surface area contributed by atoms with Gasteiger partial charge in [-0.15, -0.1) is 0 Å². The summed E-state index contributed by atoms with van der Waals surface area (Å²) in [6, 6.07) is 4.94. The summed E-state index contributed by atoms with van der Waals surface area (Å²) in [4.78, 5) is 11.6. The fourth-order valence-corrected chi connectivity index (χ4v) is 2.06. The highest BCUT2D eigenvalue weighted by Gasteiger charge is 2.09. The molecule has 1 unspecified atom stereocenters. The number of halogens is 2. The molecule has 0 heterocycles. The van der Waals surface area contributed by atoms with Crippen LogP contribution in [0.2, 0.25) is 10.0 Å². The number of amides is 1. The maximum atomic E-state index is 11.6. The van der Waals surface area contributed by atoms with Gasteiger partial charge in [0.05, 0.1) is 29.2 Å². The average molecular weight is 334 g/mol. The van der Waals surface area contributed by atoms with Gasteiger partial charge in [-0.1, -0.05) is 37.0 Å². The molecule has 1 aromatic carbocycles. The molecule has 0 aromatic heterocycles. The van der Waals surface area contributed by atoms with Crippen molar-refractivity contribution in [3.05, 3.63) is 28.2 Å². The molecule has 118 valence electrons. The van der Waals surface area contributed by atoms with Gasteiger partial charge in [0, 0.05) is 12.6 Å². The first kappa shape index (κ1) is 18.1. The molecule has 21 heavy (non-hydrogen) atoms. The van der Waals surface area contributed by atoms with E-state index in [1.807, 2.05) is 13.8 Å². The van der Waals surface area contributed by atoms with Crippen LogP contribution >= 0.6 is 23.2 Å². The summed E-state index contributed by atoms with van der Waals surface area (Å²) >= 11 is 11.7. The van der Waals surface area contributed by atoms with Crippen molar-refractivity contribution in [1.29, 1.82) is 0 Å². The monoisotopic (exact) mass is 333 g/mol. The minimum atomic E-state index is -0.509. The van der Waals surface area contributed by atoms with Gasteiger partial charge in [-0.2, -0.15) is 0 Å². The van der Waals surface area contributed by atoms with Crippen LogP contribution in [-0.4, -0.2) is 30.3 Å². The summed E-state index contributed by atoms with van der Waals surface area (Å²) in [5.41, 5.74) is 0. The normalized spacial score (nSPS) is 12.3. The Kier molecular flexibility index (Phi) is 7.86. The Bertz CT molecular complexity index is 466. The minimum Gasteiger partial charge on any atom is -0.493 e.